The Kier molecular flexibility index (Phi) is 6.19. The highest BCUT2D eigenvalue weighted by atomic mass is 14.9. The Bertz CT molecular complexity index is 194. The van der Waals surface area contributed by atoms with Crippen LogP contribution in [-0.4, -0.2) is 12.6 Å². The fraction of sp³-hybridized carbons (Fsp3) is 0.857. The fourth-order valence-corrected chi connectivity index (χ4v) is 1.69. The van der Waals surface area contributed by atoms with Gasteiger partial charge in [-0.2, -0.15) is 0 Å². The molecule has 0 aliphatic rings. The van der Waals surface area contributed by atoms with Gasteiger partial charge in [0.15, 0.2) is 0 Å². The van der Waals surface area contributed by atoms with Crippen LogP contribution in [0.5, 0.6) is 0 Å². The van der Waals surface area contributed by atoms with Crippen LogP contribution in [0.2, 0.25) is 0 Å². The van der Waals surface area contributed by atoms with E-state index in [0.717, 1.165) is 13.0 Å². The predicted molar refractivity (Wildman–Crippen MR) is 70.1 cm³/mol. The number of hydrogen-bond donors (Lipinski definition) is 1. The van der Waals surface area contributed by atoms with Crippen molar-refractivity contribution >= 4 is 0 Å². The van der Waals surface area contributed by atoms with Gasteiger partial charge in [0.25, 0.3) is 0 Å². The molecule has 2 unspecified atom stereocenters. The van der Waals surface area contributed by atoms with Gasteiger partial charge in [-0.3, -0.25) is 0 Å². The highest BCUT2D eigenvalue weighted by Gasteiger charge is 2.27. The van der Waals surface area contributed by atoms with Crippen LogP contribution in [0.4, 0.5) is 0 Å². The highest BCUT2D eigenvalue weighted by molar-refractivity contribution is 4.89. The Labute approximate surface area is 96.3 Å². The van der Waals surface area contributed by atoms with Gasteiger partial charge in [-0.05, 0) is 38.1 Å². The lowest BCUT2D eigenvalue weighted by Crippen LogP contribution is -2.39. The van der Waals surface area contributed by atoms with Crippen LogP contribution in [-0.2, 0) is 0 Å². The van der Waals surface area contributed by atoms with E-state index in [0.29, 0.717) is 17.4 Å². The van der Waals surface area contributed by atoms with Crippen molar-refractivity contribution in [3.8, 4) is 0 Å². The molecule has 0 aliphatic heterocycles. The Balaban J connectivity index is 3.99. The van der Waals surface area contributed by atoms with E-state index in [-0.39, 0.29) is 0 Å². The summed E-state index contributed by atoms with van der Waals surface area (Å²) in [6, 6.07) is 0.583. The van der Waals surface area contributed by atoms with Gasteiger partial charge in [-0.1, -0.05) is 39.7 Å². The van der Waals surface area contributed by atoms with Crippen LogP contribution in [0.15, 0.2) is 12.2 Å². The fourth-order valence-electron chi connectivity index (χ4n) is 1.69. The van der Waals surface area contributed by atoms with Crippen molar-refractivity contribution in [2.24, 2.45) is 11.3 Å². The topological polar surface area (TPSA) is 12.0 Å². The van der Waals surface area contributed by atoms with Crippen molar-refractivity contribution < 1.29 is 0 Å². The second-order valence-corrected chi connectivity index (χ2v) is 5.58. The highest BCUT2D eigenvalue weighted by Crippen LogP contribution is 2.32. The van der Waals surface area contributed by atoms with Crippen LogP contribution in [0.25, 0.3) is 0 Å². The summed E-state index contributed by atoms with van der Waals surface area (Å²) in [4.78, 5) is 0. The first-order valence-corrected chi connectivity index (χ1v) is 6.19. The molecule has 0 spiro atoms. The Morgan fingerprint density at radius 2 is 1.87 bits per heavy atom. The minimum Gasteiger partial charge on any atom is -0.314 e. The number of rotatable bonds is 7. The molecule has 0 bridgehead atoms. The number of nitrogens with one attached hydrogen (secondary N) is 1. The molecule has 0 saturated heterocycles. The summed E-state index contributed by atoms with van der Waals surface area (Å²) in [5, 5.41) is 3.59. The van der Waals surface area contributed by atoms with E-state index in [4.69, 9.17) is 0 Å². The van der Waals surface area contributed by atoms with E-state index < -0.39 is 0 Å². The molecule has 1 heteroatoms. The summed E-state index contributed by atoms with van der Waals surface area (Å²) in [5.41, 5.74) is 1.69. The van der Waals surface area contributed by atoms with E-state index >= 15 is 0 Å². The van der Waals surface area contributed by atoms with Gasteiger partial charge in [-0.25, -0.2) is 0 Å². The lowest BCUT2D eigenvalue weighted by atomic mass is 9.74. The maximum atomic E-state index is 3.92. The lowest BCUT2D eigenvalue weighted by molar-refractivity contribution is 0.176. The van der Waals surface area contributed by atoms with Gasteiger partial charge in [0, 0.05) is 6.04 Å². The van der Waals surface area contributed by atoms with E-state index in [1.807, 2.05) is 0 Å². The molecule has 0 heterocycles. The normalized spacial score (nSPS) is 16.1. The van der Waals surface area contributed by atoms with Crippen molar-refractivity contribution in [2.45, 2.75) is 60.4 Å². The van der Waals surface area contributed by atoms with Gasteiger partial charge in [0.1, 0.15) is 0 Å². The summed E-state index contributed by atoms with van der Waals surface area (Å²) in [7, 11) is 0. The molecule has 0 fully saturated rings. The summed E-state index contributed by atoms with van der Waals surface area (Å²) in [5.74, 6) is 0.702. The standard InChI is InChI=1S/C14H29N/c1-8-14(6,7)12(4)13(5)15-10-9-11(2)3/h12-13,15H,2,8-10H2,1,3-7H3. The first kappa shape index (κ1) is 14.7. The molecule has 0 aromatic carbocycles. The monoisotopic (exact) mass is 211 g/mol. The average Bonchev–Trinajstić information content (AvgIpc) is 2.15. The molecular weight excluding hydrogens is 182 g/mol. The van der Waals surface area contributed by atoms with Crippen LogP contribution in [0.1, 0.15) is 54.4 Å². The summed E-state index contributed by atoms with van der Waals surface area (Å²) >= 11 is 0. The molecule has 15 heavy (non-hydrogen) atoms. The second-order valence-electron chi connectivity index (χ2n) is 5.58. The van der Waals surface area contributed by atoms with Crippen molar-refractivity contribution in [1.82, 2.24) is 5.32 Å². The van der Waals surface area contributed by atoms with Crippen LogP contribution < -0.4 is 5.32 Å². The van der Waals surface area contributed by atoms with Crippen molar-refractivity contribution in [3.05, 3.63) is 12.2 Å². The van der Waals surface area contributed by atoms with E-state index in [2.05, 4.69) is 53.4 Å². The zero-order valence-corrected chi connectivity index (χ0v) is 11.5. The molecule has 0 amide bonds. The lowest BCUT2D eigenvalue weighted by Gasteiger charge is -2.35. The third-order valence-electron chi connectivity index (χ3n) is 3.91. The van der Waals surface area contributed by atoms with Crippen molar-refractivity contribution in [1.29, 1.82) is 0 Å². The van der Waals surface area contributed by atoms with Gasteiger partial charge in [0.05, 0.1) is 0 Å². The molecule has 2 atom stereocenters. The van der Waals surface area contributed by atoms with Crippen LogP contribution in [0, 0.1) is 11.3 Å². The molecule has 1 nitrogen and oxygen atoms in total. The van der Waals surface area contributed by atoms with E-state index in [1.54, 1.807) is 0 Å². The molecule has 0 saturated carbocycles. The third-order valence-corrected chi connectivity index (χ3v) is 3.91. The van der Waals surface area contributed by atoms with Crippen molar-refractivity contribution in [3.63, 3.8) is 0 Å². The second kappa shape index (κ2) is 6.32. The zero-order chi connectivity index (χ0) is 12.1. The molecule has 0 aromatic rings. The summed E-state index contributed by atoms with van der Waals surface area (Å²) in [6.07, 6.45) is 2.32. The zero-order valence-electron chi connectivity index (χ0n) is 11.5. The summed E-state index contributed by atoms with van der Waals surface area (Å²) < 4.78 is 0. The minimum atomic E-state index is 0.426. The Morgan fingerprint density at radius 3 is 2.27 bits per heavy atom. The Morgan fingerprint density at radius 1 is 1.33 bits per heavy atom. The van der Waals surface area contributed by atoms with E-state index in [1.165, 1.54) is 12.0 Å². The van der Waals surface area contributed by atoms with Gasteiger partial charge in [0.2, 0.25) is 0 Å². The largest absolute Gasteiger partial charge is 0.314 e. The van der Waals surface area contributed by atoms with Gasteiger partial charge in [-0.15, -0.1) is 6.58 Å². The minimum absolute atomic E-state index is 0.426. The molecule has 1 N–H and O–H groups in total. The smallest absolute Gasteiger partial charge is 0.00695 e. The average molecular weight is 211 g/mol. The maximum absolute atomic E-state index is 3.92. The van der Waals surface area contributed by atoms with E-state index in [9.17, 15) is 0 Å². The molecule has 0 aliphatic carbocycles. The van der Waals surface area contributed by atoms with Crippen molar-refractivity contribution in [2.75, 3.05) is 6.54 Å². The predicted octanol–water partition coefficient (Wildman–Crippen LogP) is 4.00. The molecule has 0 rings (SSSR count). The first-order chi connectivity index (χ1) is 6.81. The van der Waals surface area contributed by atoms with Gasteiger partial charge < -0.3 is 5.32 Å². The Hall–Kier alpha value is -0.300. The SMILES string of the molecule is C=C(C)CCNC(C)C(C)C(C)(C)CC. The van der Waals surface area contributed by atoms with Crippen LogP contribution in [0.3, 0.4) is 0 Å². The summed E-state index contributed by atoms with van der Waals surface area (Å²) in [6.45, 7) is 18.7. The molecule has 90 valence electrons. The first-order valence-electron chi connectivity index (χ1n) is 6.19. The van der Waals surface area contributed by atoms with Gasteiger partial charge >= 0.3 is 0 Å². The van der Waals surface area contributed by atoms with Crippen LogP contribution >= 0.6 is 0 Å². The quantitative estimate of drug-likeness (QED) is 0.628. The molecular formula is C14H29N. The third kappa shape index (κ3) is 5.36. The molecule has 0 radical (unpaired) electrons. The maximum Gasteiger partial charge on any atom is 0.00695 e. The molecule has 0 aromatic heterocycles. The number of hydrogen-bond acceptors (Lipinski definition) is 1.